The van der Waals surface area contributed by atoms with Gasteiger partial charge in [-0.25, -0.2) is 0 Å². The third kappa shape index (κ3) is 1.97. The molecule has 0 saturated carbocycles. The molecule has 78 valence electrons. The van der Waals surface area contributed by atoms with E-state index in [1.165, 1.54) is 0 Å². The third-order valence-corrected chi connectivity index (χ3v) is 2.90. The highest BCUT2D eigenvalue weighted by Crippen LogP contribution is 2.32. The largest absolute Gasteiger partial charge is 0.396 e. The van der Waals surface area contributed by atoms with Gasteiger partial charge in [0.1, 0.15) is 0 Å². The fraction of sp³-hybridized carbons (Fsp3) is 0.500. The molecule has 0 spiro atoms. The molecule has 0 aliphatic carbocycles. The summed E-state index contributed by atoms with van der Waals surface area (Å²) in [6.45, 7) is 3.79. The molecule has 0 aliphatic heterocycles. The van der Waals surface area contributed by atoms with E-state index in [-0.39, 0.29) is 12.5 Å². The molecule has 2 nitrogen and oxygen atoms in total. The molecule has 2 heteroatoms. The summed E-state index contributed by atoms with van der Waals surface area (Å²) in [6.07, 6.45) is 0.610. The van der Waals surface area contributed by atoms with Crippen LogP contribution < -0.4 is 0 Å². The van der Waals surface area contributed by atoms with Gasteiger partial charge < -0.3 is 10.2 Å². The van der Waals surface area contributed by atoms with Crippen molar-refractivity contribution in [1.29, 1.82) is 0 Å². The molecule has 0 heterocycles. The van der Waals surface area contributed by atoms with Gasteiger partial charge in [-0.3, -0.25) is 0 Å². The van der Waals surface area contributed by atoms with Crippen LogP contribution in [-0.2, 0) is 5.60 Å². The molecular weight excluding hydrogens is 176 g/mol. The lowest BCUT2D eigenvalue weighted by atomic mass is 9.81. The number of benzene rings is 1. The van der Waals surface area contributed by atoms with Gasteiger partial charge in [0.2, 0.25) is 0 Å². The van der Waals surface area contributed by atoms with Crippen LogP contribution in [-0.4, -0.2) is 16.8 Å². The lowest BCUT2D eigenvalue weighted by molar-refractivity contribution is -0.0409. The van der Waals surface area contributed by atoms with Gasteiger partial charge in [-0.05, 0) is 12.0 Å². The summed E-state index contributed by atoms with van der Waals surface area (Å²) >= 11 is 0. The standard InChI is InChI=1S/C12H18O2/c1-3-12(14,10(2)9-13)11-7-5-4-6-8-11/h4-8,10,13-14H,3,9H2,1-2H3/t10-,12-/m1/s1. The summed E-state index contributed by atoms with van der Waals surface area (Å²) in [5, 5.41) is 19.5. The normalized spacial score (nSPS) is 17.4. The van der Waals surface area contributed by atoms with Gasteiger partial charge in [0, 0.05) is 12.5 Å². The van der Waals surface area contributed by atoms with Crippen LogP contribution in [0.4, 0.5) is 0 Å². The maximum atomic E-state index is 10.4. The van der Waals surface area contributed by atoms with E-state index in [0.717, 1.165) is 5.56 Å². The van der Waals surface area contributed by atoms with E-state index in [1.807, 2.05) is 44.2 Å². The molecule has 0 radical (unpaired) electrons. The molecule has 2 N–H and O–H groups in total. The van der Waals surface area contributed by atoms with E-state index in [2.05, 4.69) is 0 Å². The Hall–Kier alpha value is -0.860. The summed E-state index contributed by atoms with van der Waals surface area (Å²) in [6, 6.07) is 9.52. The van der Waals surface area contributed by atoms with Crippen LogP contribution in [0.2, 0.25) is 0 Å². The predicted molar refractivity (Wildman–Crippen MR) is 56.9 cm³/mol. The van der Waals surface area contributed by atoms with Gasteiger partial charge >= 0.3 is 0 Å². The van der Waals surface area contributed by atoms with Crippen molar-refractivity contribution < 1.29 is 10.2 Å². The molecule has 2 atom stereocenters. The van der Waals surface area contributed by atoms with Gasteiger partial charge in [-0.1, -0.05) is 44.2 Å². The molecule has 14 heavy (non-hydrogen) atoms. The van der Waals surface area contributed by atoms with Crippen molar-refractivity contribution in [2.75, 3.05) is 6.61 Å². The van der Waals surface area contributed by atoms with Crippen LogP contribution in [0.1, 0.15) is 25.8 Å². The highest BCUT2D eigenvalue weighted by atomic mass is 16.3. The Kier molecular flexibility index (Phi) is 3.67. The molecule has 0 fully saturated rings. The second-order valence-corrected chi connectivity index (χ2v) is 3.73. The Balaban J connectivity index is 3.01. The second-order valence-electron chi connectivity index (χ2n) is 3.73. The highest BCUT2D eigenvalue weighted by molar-refractivity contribution is 5.22. The first-order valence-corrected chi connectivity index (χ1v) is 5.04. The quantitative estimate of drug-likeness (QED) is 0.768. The highest BCUT2D eigenvalue weighted by Gasteiger charge is 2.32. The molecule has 1 aromatic carbocycles. The molecule has 0 aliphatic rings. The lowest BCUT2D eigenvalue weighted by Gasteiger charge is -2.32. The number of aliphatic hydroxyl groups is 2. The van der Waals surface area contributed by atoms with Crippen molar-refractivity contribution in [2.45, 2.75) is 25.9 Å². The van der Waals surface area contributed by atoms with Crippen molar-refractivity contribution in [1.82, 2.24) is 0 Å². The molecular formula is C12H18O2. The first-order valence-electron chi connectivity index (χ1n) is 5.04. The zero-order valence-corrected chi connectivity index (χ0v) is 8.77. The maximum Gasteiger partial charge on any atom is 0.0941 e. The van der Waals surface area contributed by atoms with Crippen LogP contribution in [0, 0.1) is 5.92 Å². The van der Waals surface area contributed by atoms with Gasteiger partial charge in [0.25, 0.3) is 0 Å². The zero-order chi connectivity index (χ0) is 10.6. The van der Waals surface area contributed by atoms with E-state index >= 15 is 0 Å². The van der Waals surface area contributed by atoms with Crippen molar-refractivity contribution in [3.05, 3.63) is 35.9 Å². The van der Waals surface area contributed by atoms with Crippen LogP contribution >= 0.6 is 0 Å². The minimum absolute atomic E-state index is 0.000760. The Morgan fingerprint density at radius 2 is 1.86 bits per heavy atom. The van der Waals surface area contributed by atoms with Crippen molar-refractivity contribution in [2.24, 2.45) is 5.92 Å². The number of aliphatic hydroxyl groups excluding tert-OH is 1. The lowest BCUT2D eigenvalue weighted by Crippen LogP contribution is -2.34. The molecule has 1 rings (SSSR count). The van der Waals surface area contributed by atoms with Crippen molar-refractivity contribution >= 4 is 0 Å². The molecule has 1 aromatic rings. The maximum absolute atomic E-state index is 10.4. The van der Waals surface area contributed by atoms with Crippen LogP contribution in [0.3, 0.4) is 0 Å². The second kappa shape index (κ2) is 4.58. The minimum atomic E-state index is -0.907. The van der Waals surface area contributed by atoms with Crippen molar-refractivity contribution in [3.8, 4) is 0 Å². The van der Waals surface area contributed by atoms with Gasteiger partial charge in [0.05, 0.1) is 5.60 Å². The monoisotopic (exact) mass is 194 g/mol. The summed E-state index contributed by atoms with van der Waals surface area (Å²) in [4.78, 5) is 0. The topological polar surface area (TPSA) is 40.5 Å². The fourth-order valence-corrected chi connectivity index (χ4v) is 1.71. The number of hydrogen-bond acceptors (Lipinski definition) is 2. The number of rotatable bonds is 4. The molecule has 0 aromatic heterocycles. The van der Waals surface area contributed by atoms with E-state index in [9.17, 15) is 5.11 Å². The predicted octanol–water partition coefficient (Wildman–Crippen LogP) is 1.91. The Morgan fingerprint density at radius 1 is 1.29 bits per heavy atom. The smallest absolute Gasteiger partial charge is 0.0941 e. The number of hydrogen-bond donors (Lipinski definition) is 2. The Labute approximate surface area is 85.2 Å². The summed E-state index contributed by atoms with van der Waals surface area (Å²) < 4.78 is 0. The van der Waals surface area contributed by atoms with E-state index in [1.54, 1.807) is 0 Å². The SMILES string of the molecule is CC[C@](O)(c1ccccc1)[C@H](C)CO. The first-order chi connectivity index (χ1) is 6.65. The summed E-state index contributed by atoms with van der Waals surface area (Å²) in [5.74, 6) is -0.144. The Bertz CT molecular complexity index is 271. The fourth-order valence-electron chi connectivity index (χ4n) is 1.71. The molecule has 0 bridgehead atoms. The van der Waals surface area contributed by atoms with Gasteiger partial charge in [0.15, 0.2) is 0 Å². The van der Waals surface area contributed by atoms with Crippen molar-refractivity contribution in [3.63, 3.8) is 0 Å². The molecule has 0 unspecified atom stereocenters. The van der Waals surface area contributed by atoms with E-state index in [0.29, 0.717) is 6.42 Å². The first kappa shape index (κ1) is 11.2. The Morgan fingerprint density at radius 3 is 2.29 bits per heavy atom. The summed E-state index contributed by atoms with van der Waals surface area (Å²) in [7, 11) is 0. The average Bonchev–Trinajstić information content (AvgIpc) is 2.28. The van der Waals surface area contributed by atoms with Crippen LogP contribution in [0.15, 0.2) is 30.3 Å². The molecule has 0 amide bonds. The zero-order valence-electron chi connectivity index (χ0n) is 8.77. The van der Waals surface area contributed by atoms with Crippen LogP contribution in [0.25, 0.3) is 0 Å². The average molecular weight is 194 g/mol. The minimum Gasteiger partial charge on any atom is -0.396 e. The molecule has 0 saturated heterocycles. The van der Waals surface area contributed by atoms with Gasteiger partial charge in [-0.15, -0.1) is 0 Å². The van der Waals surface area contributed by atoms with E-state index in [4.69, 9.17) is 5.11 Å². The van der Waals surface area contributed by atoms with Crippen LogP contribution in [0.5, 0.6) is 0 Å². The third-order valence-electron chi connectivity index (χ3n) is 2.90. The van der Waals surface area contributed by atoms with E-state index < -0.39 is 5.60 Å². The summed E-state index contributed by atoms with van der Waals surface area (Å²) in [5.41, 5.74) is -0.0280. The van der Waals surface area contributed by atoms with Gasteiger partial charge in [-0.2, -0.15) is 0 Å².